The molecule has 0 fully saturated rings. The van der Waals surface area contributed by atoms with Crippen molar-refractivity contribution in [3.63, 3.8) is 0 Å². The number of nitriles is 1. The minimum Gasteiger partial charge on any atom is -0.492 e. The topological polar surface area (TPSA) is 59.0 Å². The van der Waals surface area contributed by atoms with Gasteiger partial charge in [0.25, 0.3) is 0 Å². The van der Waals surface area contributed by atoms with Crippen LogP contribution in [0.3, 0.4) is 0 Å². The van der Waals surface area contributed by atoms with Gasteiger partial charge >= 0.3 is 0 Å². The van der Waals surface area contributed by atoms with Crippen LogP contribution in [0.1, 0.15) is 31.4 Å². The van der Waals surface area contributed by atoms with Gasteiger partial charge in [-0.15, -0.1) is 0 Å². The fourth-order valence-electron chi connectivity index (χ4n) is 2.06. The zero-order valence-corrected chi connectivity index (χ0v) is 9.89. The fourth-order valence-corrected chi connectivity index (χ4v) is 2.06. The number of anilines is 1. The molecule has 17 heavy (non-hydrogen) atoms. The van der Waals surface area contributed by atoms with Crippen LogP contribution >= 0.6 is 0 Å². The van der Waals surface area contributed by atoms with E-state index in [1.54, 1.807) is 6.26 Å². The molecule has 1 aliphatic rings. The van der Waals surface area contributed by atoms with Crippen LogP contribution in [0, 0.1) is 17.2 Å². The number of ether oxygens (including phenoxy) is 1. The Morgan fingerprint density at radius 1 is 1.35 bits per heavy atom. The summed E-state index contributed by atoms with van der Waals surface area (Å²) in [4.78, 5) is 0. The smallest absolute Gasteiger partial charge is 0.125 e. The predicted octanol–water partition coefficient (Wildman–Crippen LogP) is 3.16. The predicted molar refractivity (Wildman–Crippen MR) is 66.8 cm³/mol. The van der Waals surface area contributed by atoms with Crippen LogP contribution in [0.2, 0.25) is 0 Å². The second-order valence-electron chi connectivity index (χ2n) is 4.49. The molecular weight excluding hydrogens is 212 g/mol. The molecule has 0 aliphatic carbocycles. The average molecular weight is 228 g/mol. The number of allylic oxidation sites excluding steroid dienone is 1. The van der Waals surface area contributed by atoms with E-state index in [-0.39, 0.29) is 6.10 Å². The van der Waals surface area contributed by atoms with E-state index < -0.39 is 0 Å². The second kappa shape index (κ2) is 4.92. The van der Waals surface area contributed by atoms with E-state index in [4.69, 9.17) is 15.7 Å². The summed E-state index contributed by atoms with van der Waals surface area (Å²) in [5, 5.41) is 8.88. The highest BCUT2D eigenvalue weighted by Crippen LogP contribution is 2.33. The normalized spacial score (nSPS) is 24.1. The van der Waals surface area contributed by atoms with Gasteiger partial charge in [-0.3, -0.25) is 0 Å². The maximum Gasteiger partial charge on any atom is 0.125 e. The van der Waals surface area contributed by atoms with Gasteiger partial charge in [-0.1, -0.05) is 19.1 Å². The number of nitrogen functional groups attached to an aromatic ring is 1. The molecule has 2 N–H and O–H groups in total. The van der Waals surface area contributed by atoms with Gasteiger partial charge in [0.05, 0.1) is 17.9 Å². The molecule has 2 atom stereocenters. The lowest BCUT2D eigenvalue weighted by Crippen LogP contribution is -2.10. The lowest BCUT2D eigenvalue weighted by Gasteiger charge is -2.21. The Labute approximate surface area is 102 Å². The summed E-state index contributed by atoms with van der Waals surface area (Å²) in [5.74, 6) is 0.390. The van der Waals surface area contributed by atoms with Crippen molar-refractivity contribution in [3.8, 4) is 6.07 Å². The molecule has 1 heterocycles. The number of hydrogen-bond acceptors (Lipinski definition) is 3. The molecule has 1 aromatic rings. The minimum atomic E-state index is 0.0152. The van der Waals surface area contributed by atoms with Crippen molar-refractivity contribution in [2.75, 3.05) is 5.73 Å². The van der Waals surface area contributed by atoms with Crippen molar-refractivity contribution in [1.29, 1.82) is 5.26 Å². The third kappa shape index (κ3) is 2.59. The Balaban J connectivity index is 2.22. The first-order valence-corrected chi connectivity index (χ1v) is 5.80. The Morgan fingerprint density at radius 2 is 2.06 bits per heavy atom. The number of nitrogens with two attached hydrogens (primary N) is 1. The highest BCUT2D eigenvalue weighted by atomic mass is 16.5. The van der Waals surface area contributed by atoms with Crippen LogP contribution in [-0.4, -0.2) is 0 Å². The summed E-state index contributed by atoms with van der Waals surface area (Å²) in [6.45, 7) is 2.15. The lowest BCUT2D eigenvalue weighted by atomic mass is 9.93. The van der Waals surface area contributed by atoms with Crippen LogP contribution in [-0.2, 0) is 4.74 Å². The Bertz CT molecular complexity index is 456. The van der Waals surface area contributed by atoms with Gasteiger partial charge in [-0.2, -0.15) is 5.26 Å². The van der Waals surface area contributed by atoms with E-state index in [0.717, 1.165) is 29.7 Å². The first kappa shape index (κ1) is 11.5. The molecule has 2 unspecified atom stereocenters. The number of hydrogen-bond donors (Lipinski definition) is 1. The van der Waals surface area contributed by atoms with E-state index in [1.807, 2.05) is 24.3 Å². The molecule has 0 aromatic heterocycles. The Kier molecular flexibility index (Phi) is 3.34. The highest BCUT2D eigenvalue weighted by molar-refractivity contribution is 5.40. The van der Waals surface area contributed by atoms with Crippen molar-refractivity contribution in [2.24, 2.45) is 5.92 Å². The third-order valence-electron chi connectivity index (χ3n) is 3.15. The molecule has 0 amide bonds. The maximum absolute atomic E-state index is 8.88. The molecule has 3 nitrogen and oxygen atoms in total. The van der Waals surface area contributed by atoms with Crippen molar-refractivity contribution < 1.29 is 4.74 Å². The molecule has 0 saturated carbocycles. The number of rotatable bonds is 1. The van der Waals surface area contributed by atoms with Gasteiger partial charge in [-0.25, -0.2) is 0 Å². The molecule has 0 saturated heterocycles. The monoisotopic (exact) mass is 228 g/mol. The van der Waals surface area contributed by atoms with Gasteiger partial charge in [0.2, 0.25) is 0 Å². The van der Waals surface area contributed by atoms with Crippen molar-refractivity contribution in [1.82, 2.24) is 0 Å². The average Bonchev–Trinajstić information content (AvgIpc) is 2.52. The van der Waals surface area contributed by atoms with Crippen LogP contribution in [0.4, 0.5) is 5.69 Å². The summed E-state index contributed by atoms with van der Waals surface area (Å²) in [7, 11) is 0. The molecule has 0 spiro atoms. The maximum atomic E-state index is 8.88. The van der Waals surface area contributed by atoms with E-state index in [2.05, 4.69) is 13.0 Å². The van der Waals surface area contributed by atoms with Crippen molar-refractivity contribution in [3.05, 3.63) is 41.7 Å². The zero-order chi connectivity index (χ0) is 12.3. The second-order valence-corrected chi connectivity index (χ2v) is 4.49. The van der Waals surface area contributed by atoms with Gasteiger partial charge in [0.15, 0.2) is 0 Å². The Hall–Kier alpha value is -1.95. The first-order chi connectivity index (χ1) is 8.20. The molecular formula is C14H16N2O. The molecule has 3 heteroatoms. The molecule has 1 aliphatic heterocycles. The number of nitrogens with zero attached hydrogens (tertiary/aromatic N) is 1. The van der Waals surface area contributed by atoms with Crippen LogP contribution in [0.15, 0.2) is 36.1 Å². The van der Waals surface area contributed by atoms with Gasteiger partial charge in [-0.05, 0) is 36.5 Å². The van der Waals surface area contributed by atoms with Crippen molar-refractivity contribution >= 4 is 5.69 Å². The van der Waals surface area contributed by atoms with Crippen LogP contribution < -0.4 is 5.73 Å². The van der Waals surface area contributed by atoms with Crippen LogP contribution in [0.5, 0.6) is 0 Å². The first-order valence-electron chi connectivity index (χ1n) is 5.80. The van der Waals surface area contributed by atoms with Crippen LogP contribution in [0.25, 0.3) is 0 Å². The van der Waals surface area contributed by atoms with Gasteiger partial charge in [0, 0.05) is 5.69 Å². The van der Waals surface area contributed by atoms with Gasteiger partial charge < -0.3 is 10.5 Å². The summed E-state index contributed by atoms with van der Waals surface area (Å²) in [5.41, 5.74) is 8.25. The SMILES string of the molecule is CC1CCC(C#N)=COC1c1ccc(N)cc1. The van der Waals surface area contributed by atoms with Crippen molar-refractivity contribution in [2.45, 2.75) is 25.9 Å². The number of benzene rings is 1. The summed E-state index contributed by atoms with van der Waals surface area (Å²) < 4.78 is 5.72. The van der Waals surface area contributed by atoms with E-state index in [0.29, 0.717) is 5.92 Å². The minimum absolute atomic E-state index is 0.0152. The highest BCUT2D eigenvalue weighted by Gasteiger charge is 2.23. The van der Waals surface area contributed by atoms with E-state index in [9.17, 15) is 0 Å². The molecule has 2 rings (SSSR count). The van der Waals surface area contributed by atoms with Gasteiger partial charge in [0.1, 0.15) is 6.10 Å². The standard InChI is InChI=1S/C14H16N2O/c1-10-2-3-11(8-15)9-17-14(10)12-4-6-13(16)7-5-12/h4-7,9-10,14H,2-3,16H2,1H3. The summed E-state index contributed by atoms with van der Waals surface area (Å²) >= 11 is 0. The van der Waals surface area contributed by atoms with E-state index >= 15 is 0 Å². The Morgan fingerprint density at radius 3 is 2.71 bits per heavy atom. The molecule has 0 bridgehead atoms. The lowest BCUT2D eigenvalue weighted by molar-refractivity contribution is 0.0967. The fraction of sp³-hybridized carbons (Fsp3) is 0.357. The molecule has 1 aromatic carbocycles. The molecule has 0 radical (unpaired) electrons. The zero-order valence-electron chi connectivity index (χ0n) is 9.89. The third-order valence-corrected chi connectivity index (χ3v) is 3.15. The largest absolute Gasteiger partial charge is 0.492 e. The summed E-state index contributed by atoms with van der Waals surface area (Å²) in [6.07, 6.45) is 3.38. The quantitative estimate of drug-likeness (QED) is 0.751. The molecule has 88 valence electrons. The van der Waals surface area contributed by atoms with E-state index in [1.165, 1.54) is 0 Å². The summed E-state index contributed by atoms with van der Waals surface area (Å²) in [6, 6.07) is 9.90.